The van der Waals surface area contributed by atoms with Gasteiger partial charge in [-0.3, -0.25) is 9.59 Å². The highest BCUT2D eigenvalue weighted by atomic mass is 35.5. The summed E-state index contributed by atoms with van der Waals surface area (Å²) in [5.41, 5.74) is -1.02. The van der Waals surface area contributed by atoms with Gasteiger partial charge in [0.15, 0.2) is 0 Å². The molecule has 9 nitrogen and oxygen atoms in total. The van der Waals surface area contributed by atoms with Crippen LogP contribution in [0.5, 0.6) is 0 Å². The second kappa shape index (κ2) is 10.3. The average molecular weight is 547 g/mol. The molecule has 3 unspecified atom stereocenters. The molecule has 0 bridgehead atoms. The Balaban J connectivity index is 1.27. The van der Waals surface area contributed by atoms with Gasteiger partial charge in [0.05, 0.1) is 16.7 Å². The Morgan fingerprint density at radius 1 is 1.22 bits per heavy atom. The summed E-state index contributed by atoms with van der Waals surface area (Å²) in [6, 6.07) is 1.32. The van der Waals surface area contributed by atoms with Crippen molar-refractivity contribution in [2.45, 2.75) is 57.0 Å². The Bertz CT molecular complexity index is 1070. The molecule has 0 aromatic heterocycles. The fraction of sp³-hybridized carbons (Fsp3) is 0.625. The number of halogens is 4. The average Bonchev–Trinajstić information content (AvgIpc) is 3.61. The van der Waals surface area contributed by atoms with Crippen LogP contribution in [0, 0.1) is 5.41 Å². The minimum atomic E-state index is -4.62. The zero-order valence-electron chi connectivity index (χ0n) is 20.3. The molecule has 204 valence electrons. The Kier molecular flexibility index (Phi) is 7.64. The molecular formula is C24H30ClF3N4O5. The summed E-state index contributed by atoms with van der Waals surface area (Å²) in [6.07, 6.45) is -3.87. The van der Waals surface area contributed by atoms with Crippen molar-refractivity contribution >= 4 is 35.1 Å². The molecule has 1 aromatic carbocycles. The number of carbonyl (C=O) groups is 3. The molecular weight excluding hydrogens is 517 g/mol. The van der Waals surface area contributed by atoms with E-state index in [1.54, 1.807) is 0 Å². The van der Waals surface area contributed by atoms with E-state index in [4.69, 9.17) is 11.6 Å². The van der Waals surface area contributed by atoms with Crippen molar-refractivity contribution in [2.75, 3.05) is 38.0 Å². The molecule has 1 aromatic rings. The summed E-state index contributed by atoms with van der Waals surface area (Å²) in [7, 11) is 0. The normalized spacial score (nSPS) is 24.3. The van der Waals surface area contributed by atoms with E-state index in [2.05, 4.69) is 5.32 Å². The number of benzene rings is 1. The van der Waals surface area contributed by atoms with Gasteiger partial charge in [0.2, 0.25) is 5.91 Å². The Morgan fingerprint density at radius 2 is 1.92 bits per heavy atom. The summed E-state index contributed by atoms with van der Waals surface area (Å²) in [5.74, 6) is -0.848. The molecule has 2 aliphatic heterocycles. The van der Waals surface area contributed by atoms with Crippen LogP contribution >= 0.6 is 11.6 Å². The maximum absolute atomic E-state index is 12.9. The lowest BCUT2D eigenvalue weighted by Crippen LogP contribution is -2.59. The van der Waals surface area contributed by atoms with Crippen LogP contribution in [-0.4, -0.2) is 93.7 Å². The summed E-state index contributed by atoms with van der Waals surface area (Å²) in [5, 5.41) is 22.6. The predicted octanol–water partition coefficient (Wildman–Crippen LogP) is 2.55. The standard InChI is InChI=1S/C24H30ClF3N4O5/c1-14-20(35)30(8-4-18(33)21(36)31-9-7-23(5-6-23)19(34)13-31)10-11-32(14)22(37)29-15-2-3-16(17(25)12-15)24(26,27)28/h2-3,12,14,18-19,33-34H,4-11,13H2,1H3,(H,29,37). The first kappa shape index (κ1) is 27.5. The molecule has 1 saturated carbocycles. The van der Waals surface area contributed by atoms with Gasteiger partial charge in [-0.2, -0.15) is 13.2 Å². The second-order valence-corrected chi connectivity index (χ2v) is 10.4. The van der Waals surface area contributed by atoms with Crippen LogP contribution in [-0.2, 0) is 15.8 Å². The smallest absolute Gasteiger partial charge is 0.391 e. The van der Waals surface area contributed by atoms with Crippen LogP contribution in [0.2, 0.25) is 5.02 Å². The summed E-state index contributed by atoms with van der Waals surface area (Å²) < 4.78 is 38.7. The predicted molar refractivity (Wildman–Crippen MR) is 128 cm³/mol. The second-order valence-electron chi connectivity index (χ2n) is 10.0. The van der Waals surface area contributed by atoms with Crippen LogP contribution in [0.4, 0.5) is 23.7 Å². The lowest BCUT2D eigenvalue weighted by atomic mass is 9.90. The van der Waals surface area contributed by atoms with Crippen molar-refractivity contribution < 1.29 is 37.8 Å². The Morgan fingerprint density at radius 3 is 2.51 bits per heavy atom. The topological polar surface area (TPSA) is 113 Å². The summed E-state index contributed by atoms with van der Waals surface area (Å²) in [6.45, 7) is 2.64. The maximum atomic E-state index is 12.9. The van der Waals surface area contributed by atoms with Gasteiger partial charge >= 0.3 is 12.2 Å². The number of piperidine rings is 1. The van der Waals surface area contributed by atoms with Gasteiger partial charge in [0.1, 0.15) is 12.1 Å². The van der Waals surface area contributed by atoms with Crippen LogP contribution < -0.4 is 5.32 Å². The zero-order chi connectivity index (χ0) is 27.1. The number of likely N-dealkylation sites (tertiary alicyclic amines) is 1. The molecule has 4 amide bonds. The minimum absolute atomic E-state index is 0.0191. The van der Waals surface area contributed by atoms with Crippen molar-refractivity contribution in [3.05, 3.63) is 28.8 Å². The third-order valence-electron chi connectivity index (χ3n) is 7.68. The lowest BCUT2D eigenvalue weighted by Gasteiger charge is -2.40. The number of aliphatic hydroxyl groups is 2. The number of nitrogens with one attached hydrogen (secondary N) is 1. The van der Waals surface area contributed by atoms with Crippen LogP contribution in [0.1, 0.15) is 38.2 Å². The number of β-amino-alcohol motifs (C(OH)–C–C–N with tert-alkyl or cyclic N) is 1. The van der Waals surface area contributed by atoms with Gasteiger partial charge in [-0.15, -0.1) is 0 Å². The van der Waals surface area contributed by atoms with Gasteiger partial charge in [0, 0.05) is 38.4 Å². The molecule has 2 saturated heterocycles. The van der Waals surface area contributed by atoms with Crippen molar-refractivity contribution in [2.24, 2.45) is 5.41 Å². The number of urea groups is 1. The van der Waals surface area contributed by atoms with E-state index < -0.39 is 47.0 Å². The highest BCUT2D eigenvalue weighted by molar-refractivity contribution is 6.31. The van der Waals surface area contributed by atoms with Gasteiger partial charge in [-0.25, -0.2) is 4.79 Å². The van der Waals surface area contributed by atoms with Crippen molar-refractivity contribution in [1.29, 1.82) is 0 Å². The summed E-state index contributed by atoms with van der Waals surface area (Å²) in [4.78, 5) is 42.4. The highest BCUT2D eigenvalue weighted by Crippen LogP contribution is 2.53. The lowest BCUT2D eigenvalue weighted by molar-refractivity contribution is -0.147. The fourth-order valence-corrected chi connectivity index (χ4v) is 5.31. The SMILES string of the molecule is CC1C(=O)N(CCC(O)C(=O)N2CCC3(CC3)C(O)C2)CCN1C(=O)Nc1ccc(C(F)(F)F)c(Cl)c1. The van der Waals surface area contributed by atoms with Gasteiger partial charge < -0.3 is 30.2 Å². The highest BCUT2D eigenvalue weighted by Gasteiger charge is 2.52. The minimum Gasteiger partial charge on any atom is -0.391 e. The van der Waals surface area contributed by atoms with Gasteiger partial charge in [-0.05, 0) is 56.2 Å². The Hall–Kier alpha value is -2.57. The largest absolute Gasteiger partial charge is 0.417 e. The molecule has 1 spiro atoms. The number of rotatable bonds is 5. The molecule has 37 heavy (non-hydrogen) atoms. The van der Waals surface area contributed by atoms with E-state index in [0.717, 1.165) is 31.0 Å². The third kappa shape index (κ3) is 5.80. The monoisotopic (exact) mass is 546 g/mol. The van der Waals surface area contributed by atoms with E-state index in [0.29, 0.717) is 13.0 Å². The van der Waals surface area contributed by atoms with Crippen LogP contribution in [0.15, 0.2) is 18.2 Å². The number of nitrogens with zero attached hydrogens (tertiary/aromatic N) is 3. The van der Waals surface area contributed by atoms with Crippen molar-refractivity contribution in [3.8, 4) is 0 Å². The quantitative estimate of drug-likeness (QED) is 0.525. The first-order chi connectivity index (χ1) is 17.3. The molecule has 3 N–H and O–H groups in total. The number of carbonyl (C=O) groups excluding carboxylic acids is 3. The zero-order valence-corrected chi connectivity index (χ0v) is 21.1. The summed E-state index contributed by atoms with van der Waals surface area (Å²) >= 11 is 5.70. The third-order valence-corrected chi connectivity index (χ3v) is 7.99. The molecule has 3 fully saturated rings. The Labute approximate surface area is 217 Å². The fourth-order valence-electron chi connectivity index (χ4n) is 5.02. The van der Waals surface area contributed by atoms with E-state index in [1.807, 2.05) is 0 Å². The van der Waals surface area contributed by atoms with Crippen molar-refractivity contribution in [3.63, 3.8) is 0 Å². The number of anilines is 1. The van der Waals surface area contributed by atoms with Gasteiger partial charge in [-0.1, -0.05) is 11.6 Å². The number of hydrogen-bond donors (Lipinski definition) is 3. The molecule has 2 heterocycles. The van der Waals surface area contributed by atoms with E-state index in [1.165, 1.54) is 21.6 Å². The number of amides is 4. The number of piperazine rings is 1. The van der Waals surface area contributed by atoms with E-state index in [9.17, 15) is 37.8 Å². The van der Waals surface area contributed by atoms with Crippen LogP contribution in [0.3, 0.4) is 0 Å². The number of hydrogen-bond acceptors (Lipinski definition) is 5. The molecule has 3 atom stereocenters. The molecule has 1 aliphatic carbocycles. The first-order valence-electron chi connectivity index (χ1n) is 12.2. The van der Waals surface area contributed by atoms with E-state index in [-0.39, 0.29) is 49.6 Å². The number of alkyl halides is 3. The maximum Gasteiger partial charge on any atom is 0.417 e. The molecule has 0 radical (unpaired) electrons. The molecule has 4 rings (SSSR count). The first-order valence-corrected chi connectivity index (χ1v) is 12.6. The van der Waals surface area contributed by atoms with Gasteiger partial charge in [0.25, 0.3) is 5.91 Å². The van der Waals surface area contributed by atoms with Crippen LogP contribution in [0.25, 0.3) is 0 Å². The molecule has 3 aliphatic rings. The van der Waals surface area contributed by atoms with Crippen molar-refractivity contribution in [1.82, 2.24) is 14.7 Å². The molecule has 13 heteroatoms. The number of aliphatic hydroxyl groups excluding tert-OH is 2. The van der Waals surface area contributed by atoms with E-state index >= 15 is 0 Å².